The molecule has 21 heavy (non-hydrogen) atoms. The second kappa shape index (κ2) is 5.63. The maximum Gasteiger partial charge on any atom is 0.250 e. The Morgan fingerprint density at radius 3 is 2.67 bits per heavy atom. The van der Waals surface area contributed by atoms with Crippen LogP contribution in [-0.4, -0.2) is 25.5 Å². The Kier molecular flexibility index (Phi) is 3.52. The molecule has 0 bridgehead atoms. The smallest absolute Gasteiger partial charge is 0.250 e. The number of benzene rings is 1. The van der Waals surface area contributed by atoms with Gasteiger partial charge in [0.05, 0.1) is 11.3 Å². The molecule has 0 saturated heterocycles. The highest BCUT2D eigenvalue weighted by molar-refractivity contribution is 7.03. The molecule has 0 saturated carbocycles. The molecule has 3 rings (SSSR count). The van der Waals surface area contributed by atoms with E-state index < -0.39 is 5.91 Å². The Balaban J connectivity index is 2.13. The lowest BCUT2D eigenvalue weighted by atomic mass is 10.0. The fourth-order valence-electron chi connectivity index (χ4n) is 1.86. The molecule has 0 aliphatic heterocycles. The number of aromatic nitrogens is 4. The van der Waals surface area contributed by atoms with Crippen LogP contribution in [-0.2, 0) is 0 Å². The van der Waals surface area contributed by atoms with E-state index in [1.807, 2.05) is 6.07 Å². The standard InChI is InChI=1S/C13H10N6OS/c14-12(20)9-4-1-3-8(10-7-21-19-18-10)11(9)17-13-15-5-2-6-16-13/h1-7H,(H2,14,20)(H,15,16,17). The summed E-state index contributed by atoms with van der Waals surface area (Å²) in [7, 11) is 0. The first-order valence-electron chi connectivity index (χ1n) is 6.00. The van der Waals surface area contributed by atoms with E-state index in [-0.39, 0.29) is 0 Å². The molecule has 0 atom stereocenters. The molecule has 3 N–H and O–H groups in total. The van der Waals surface area contributed by atoms with Crippen molar-refractivity contribution in [3.05, 3.63) is 47.6 Å². The lowest BCUT2D eigenvalue weighted by Crippen LogP contribution is -2.14. The first-order chi connectivity index (χ1) is 10.3. The third-order valence-corrected chi connectivity index (χ3v) is 3.27. The Hall–Kier alpha value is -2.87. The molecule has 8 heteroatoms. The van der Waals surface area contributed by atoms with Crippen molar-refractivity contribution in [1.29, 1.82) is 0 Å². The zero-order chi connectivity index (χ0) is 14.7. The number of nitrogens with two attached hydrogens (primary N) is 1. The van der Waals surface area contributed by atoms with Crippen LogP contribution in [0.5, 0.6) is 0 Å². The lowest BCUT2D eigenvalue weighted by molar-refractivity contribution is 0.100. The maximum atomic E-state index is 11.6. The molecule has 7 nitrogen and oxygen atoms in total. The van der Waals surface area contributed by atoms with Crippen molar-refractivity contribution in [2.24, 2.45) is 5.73 Å². The van der Waals surface area contributed by atoms with Crippen molar-refractivity contribution < 1.29 is 4.79 Å². The van der Waals surface area contributed by atoms with E-state index in [9.17, 15) is 4.79 Å². The fraction of sp³-hybridized carbons (Fsp3) is 0. The van der Waals surface area contributed by atoms with E-state index in [0.717, 1.165) is 0 Å². The quantitative estimate of drug-likeness (QED) is 0.761. The molecule has 0 aliphatic carbocycles. The molecule has 2 heterocycles. The van der Waals surface area contributed by atoms with Crippen molar-refractivity contribution in [1.82, 2.24) is 19.6 Å². The molecule has 1 amide bonds. The van der Waals surface area contributed by atoms with E-state index >= 15 is 0 Å². The number of para-hydroxylation sites is 1. The average molecular weight is 298 g/mol. The molecular weight excluding hydrogens is 288 g/mol. The zero-order valence-corrected chi connectivity index (χ0v) is 11.5. The van der Waals surface area contributed by atoms with Crippen LogP contribution in [0.1, 0.15) is 10.4 Å². The Labute approximate surface area is 124 Å². The van der Waals surface area contributed by atoms with Gasteiger partial charge in [0.15, 0.2) is 0 Å². The van der Waals surface area contributed by atoms with Crippen LogP contribution in [0, 0.1) is 0 Å². The summed E-state index contributed by atoms with van der Waals surface area (Å²) in [6.45, 7) is 0. The minimum absolute atomic E-state index is 0.341. The SMILES string of the molecule is NC(=O)c1cccc(-c2csnn2)c1Nc1ncccn1. The summed E-state index contributed by atoms with van der Waals surface area (Å²) in [5.41, 5.74) is 7.66. The van der Waals surface area contributed by atoms with Gasteiger partial charge in [-0.1, -0.05) is 16.6 Å². The Morgan fingerprint density at radius 1 is 1.19 bits per heavy atom. The summed E-state index contributed by atoms with van der Waals surface area (Å²) in [6.07, 6.45) is 3.21. The number of hydrogen-bond donors (Lipinski definition) is 2. The number of nitrogens with zero attached hydrogens (tertiary/aromatic N) is 4. The second-order valence-electron chi connectivity index (χ2n) is 4.08. The Bertz CT molecular complexity index is 760. The minimum Gasteiger partial charge on any atom is -0.366 e. The summed E-state index contributed by atoms with van der Waals surface area (Å²) >= 11 is 1.23. The highest BCUT2D eigenvalue weighted by Crippen LogP contribution is 2.31. The Morgan fingerprint density at radius 2 is 2.00 bits per heavy atom. The van der Waals surface area contributed by atoms with Crippen molar-refractivity contribution >= 4 is 29.1 Å². The molecule has 104 valence electrons. The molecule has 3 aromatic rings. The summed E-state index contributed by atoms with van der Waals surface area (Å²) < 4.78 is 3.84. The van der Waals surface area contributed by atoms with Gasteiger partial charge in [-0.25, -0.2) is 9.97 Å². The van der Waals surface area contributed by atoms with Gasteiger partial charge in [-0.15, -0.1) is 5.10 Å². The highest BCUT2D eigenvalue weighted by atomic mass is 32.1. The first kappa shape index (κ1) is 13.1. The van der Waals surface area contributed by atoms with E-state index in [1.54, 1.807) is 36.0 Å². The predicted octanol–water partition coefficient (Wildman–Crippen LogP) is 1.84. The van der Waals surface area contributed by atoms with Crippen LogP contribution in [0.15, 0.2) is 42.0 Å². The van der Waals surface area contributed by atoms with E-state index in [0.29, 0.717) is 28.5 Å². The number of nitrogens with one attached hydrogen (secondary N) is 1. The van der Waals surface area contributed by atoms with Crippen LogP contribution in [0.3, 0.4) is 0 Å². The van der Waals surface area contributed by atoms with Gasteiger partial charge >= 0.3 is 0 Å². The number of primary amides is 1. The topological polar surface area (TPSA) is 107 Å². The van der Waals surface area contributed by atoms with Gasteiger partial charge in [0.1, 0.15) is 5.69 Å². The summed E-state index contributed by atoms with van der Waals surface area (Å²) in [6, 6.07) is 6.91. The fourth-order valence-corrected chi connectivity index (χ4v) is 2.32. The van der Waals surface area contributed by atoms with Gasteiger partial charge < -0.3 is 11.1 Å². The van der Waals surface area contributed by atoms with Crippen LogP contribution >= 0.6 is 11.5 Å². The number of hydrogen-bond acceptors (Lipinski definition) is 7. The van der Waals surface area contributed by atoms with Crippen LogP contribution in [0.2, 0.25) is 0 Å². The number of rotatable bonds is 4. The van der Waals surface area contributed by atoms with Crippen molar-refractivity contribution in [3.8, 4) is 11.3 Å². The van der Waals surface area contributed by atoms with E-state index in [2.05, 4.69) is 24.9 Å². The van der Waals surface area contributed by atoms with Crippen molar-refractivity contribution in [3.63, 3.8) is 0 Å². The van der Waals surface area contributed by atoms with Gasteiger partial charge in [-0.05, 0) is 23.7 Å². The minimum atomic E-state index is -0.543. The van der Waals surface area contributed by atoms with Crippen LogP contribution in [0.25, 0.3) is 11.3 Å². The van der Waals surface area contributed by atoms with Crippen molar-refractivity contribution in [2.45, 2.75) is 0 Å². The molecule has 0 fully saturated rings. The van der Waals surface area contributed by atoms with Crippen molar-refractivity contribution in [2.75, 3.05) is 5.32 Å². The zero-order valence-electron chi connectivity index (χ0n) is 10.7. The third kappa shape index (κ3) is 2.70. The third-order valence-electron chi connectivity index (χ3n) is 2.77. The number of carbonyl (C=O) groups excluding carboxylic acids is 1. The summed E-state index contributed by atoms with van der Waals surface area (Å²) in [5.74, 6) is -0.172. The largest absolute Gasteiger partial charge is 0.366 e. The van der Waals surface area contributed by atoms with E-state index in [1.165, 1.54) is 11.5 Å². The average Bonchev–Trinajstić information content (AvgIpc) is 3.02. The molecule has 1 aromatic carbocycles. The number of anilines is 2. The lowest BCUT2D eigenvalue weighted by Gasteiger charge is -2.12. The van der Waals surface area contributed by atoms with Gasteiger partial charge in [-0.2, -0.15) is 0 Å². The molecule has 0 aliphatic rings. The van der Waals surface area contributed by atoms with Gasteiger partial charge in [0, 0.05) is 23.3 Å². The molecule has 0 unspecified atom stereocenters. The normalized spacial score (nSPS) is 10.3. The van der Waals surface area contributed by atoms with Crippen LogP contribution < -0.4 is 11.1 Å². The van der Waals surface area contributed by atoms with E-state index in [4.69, 9.17) is 5.73 Å². The van der Waals surface area contributed by atoms with Gasteiger partial charge in [0.2, 0.25) is 5.95 Å². The summed E-state index contributed by atoms with van der Waals surface area (Å²) in [4.78, 5) is 19.8. The maximum absolute atomic E-state index is 11.6. The van der Waals surface area contributed by atoms with Gasteiger partial charge in [0.25, 0.3) is 5.91 Å². The number of amides is 1. The van der Waals surface area contributed by atoms with Crippen LogP contribution in [0.4, 0.5) is 11.6 Å². The predicted molar refractivity (Wildman–Crippen MR) is 79.2 cm³/mol. The molecule has 0 radical (unpaired) electrons. The van der Waals surface area contributed by atoms with Gasteiger partial charge in [-0.3, -0.25) is 4.79 Å². The monoisotopic (exact) mass is 298 g/mol. The molecule has 0 spiro atoms. The molecular formula is C13H10N6OS. The second-order valence-corrected chi connectivity index (χ2v) is 4.69. The summed E-state index contributed by atoms with van der Waals surface area (Å²) in [5, 5.41) is 8.84. The number of carbonyl (C=O) groups is 1. The molecule has 2 aromatic heterocycles. The highest BCUT2D eigenvalue weighted by Gasteiger charge is 2.16. The first-order valence-corrected chi connectivity index (χ1v) is 6.83.